The molecule has 2 N–H and O–H groups in total. The molecule has 0 saturated heterocycles. The van der Waals surface area contributed by atoms with Gasteiger partial charge in [0.05, 0.1) is 0 Å². The van der Waals surface area contributed by atoms with E-state index in [-0.39, 0.29) is 0 Å². The molecule has 3 nitrogen and oxygen atoms in total. The molecule has 0 aliphatic carbocycles. The fraction of sp³-hybridized carbons (Fsp3) is 0.250. The largest absolute Gasteiger partial charge is 0.480 e. The number of aliphatic carboxylic acids is 1. The number of nitrogens with one attached hydrogen (secondary N) is 1. The second kappa shape index (κ2) is 5.06. The maximum Gasteiger partial charge on any atom is 0.325 e. The summed E-state index contributed by atoms with van der Waals surface area (Å²) in [4.78, 5) is 10.7. The van der Waals surface area contributed by atoms with Crippen molar-refractivity contribution in [3.63, 3.8) is 0 Å². The van der Waals surface area contributed by atoms with Gasteiger partial charge in [0.2, 0.25) is 0 Å². The van der Waals surface area contributed by atoms with Gasteiger partial charge < -0.3 is 10.4 Å². The van der Waals surface area contributed by atoms with Gasteiger partial charge in [-0.15, -0.1) is 12.3 Å². The minimum absolute atomic E-state index is 0.496. The highest BCUT2D eigenvalue weighted by Gasteiger charge is 2.11. The zero-order valence-electron chi connectivity index (χ0n) is 8.53. The molecular weight excluding hydrogens is 190 g/mol. The van der Waals surface area contributed by atoms with Crippen molar-refractivity contribution in [3.05, 3.63) is 29.8 Å². The molecule has 1 aromatic carbocycles. The van der Waals surface area contributed by atoms with E-state index in [1.165, 1.54) is 0 Å². The molecule has 1 unspecified atom stereocenters. The standard InChI is InChI=1S/C12H13NO2/c1-3-6-10-7-4-5-8-11(10)13-9(2)12(14)15/h1,4-5,7-9,13H,6H2,2H3,(H,14,15). The molecule has 0 aliphatic heterocycles. The molecule has 0 saturated carbocycles. The lowest BCUT2D eigenvalue weighted by Crippen LogP contribution is -2.25. The van der Waals surface area contributed by atoms with Crippen molar-refractivity contribution in [2.75, 3.05) is 5.32 Å². The number of hydrogen-bond donors (Lipinski definition) is 2. The molecule has 1 atom stereocenters. The molecule has 0 radical (unpaired) electrons. The van der Waals surface area contributed by atoms with E-state index in [2.05, 4.69) is 11.2 Å². The van der Waals surface area contributed by atoms with Crippen LogP contribution in [0, 0.1) is 12.3 Å². The molecule has 0 fully saturated rings. The van der Waals surface area contributed by atoms with Crippen LogP contribution in [-0.2, 0) is 11.2 Å². The normalized spacial score (nSPS) is 11.5. The highest BCUT2D eigenvalue weighted by atomic mass is 16.4. The van der Waals surface area contributed by atoms with Crippen LogP contribution in [0.5, 0.6) is 0 Å². The number of carbonyl (C=O) groups is 1. The number of benzene rings is 1. The van der Waals surface area contributed by atoms with Crippen LogP contribution < -0.4 is 5.32 Å². The van der Waals surface area contributed by atoms with E-state index >= 15 is 0 Å². The van der Waals surface area contributed by atoms with Gasteiger partial charge in [-0.25, -0.2) is 0 Å². The highest BCUT2D eigenvalue weighted by Crippen LogP contribution is 2.16. The summed E-state index contributed by atoms with van der Waals surface area (Å²) in [5.74, 6) is 1.66. The quantitative estimate of drug-likeness (QED) is 0.733. The Hall–Kier alpha value is -1.95. The molecule has 15 heavy (non-hydrogen) atoms. The van der Waals surface area contributed by atoms with Crippen molar-refractivity contribution in [2.24, 2.45) is 0 Å². The lowest BCUT2D eigenvalue weighted by Gasteiger charge is -2.13. The van der Waals surface area contributed by atoms with Crippen LogP contribution in [0.4, 0.5) is 5.69 Å². The Kier molecular flexibility index (Phi) is 3.75. The number of hydrogen-bond acceptors (Lipinski definition) is 2. The molecule has 0 aromatic heterocycles. The molecular formula is C12H13NO2. The van der Waals surface area contributed by atoms with Crippen LogP contribution in [0.15, 0.2) is 24.3 Å². The summed E-state index contributed by atoms with van der Waals surface area (Å²) in [5.41, 5.74) is 1.72. The first kappa shape index (κ1) is 11.1. The SMILES string of the molecule is C#CCc1ccccc1NC(C)C(=O)O. The fourth-order valence-electron chi connectivity index (χ4n) is 1.22. The van der Waals surface area contributed by atoms with Gasteiger partial charge in [-0.05, 0) is 18.6 Å². The Morgan fingerprint density at radius 2 is 2.27 bits per heavy atom. The van der Waals surface area contributed by atoms with Gasteiger partial charge in [-0.2, -0.15) is 0 Å². The third-order valence-electron chi connectivity index (χ3n) is 2.05. The smallest absolute Gasteiger partial charge is 0.325 e. The van der Waals surface area contributed by atoms with E-state index in [1.807, 2.05) is 24.3 Å². The van der Waals surface area contributed by atoms with Crippen LogP contribution in [-0.4, -0.2) is 17.1 Å². The Morgan fingerprint density at radius 3 is 2.87 bits per heavy atom. The third-order valence-corrected chi connectivity index (χ3v) is 2.05. The van der Waals surface area contributed by atoms with Crippen molar-refractivity contribution in [3.8, 4) is 12.3 Å². The molecule has 0 aliphatic rings. The Morgan fingerprint density at radius 1 is 1.60 bits per heavy atom. The van der Waals surface area contributed by atoms with E-state index in [0.29, 0.717) is 6.42 Å². The summed E-state index contributed by atoms with van der Waals surface area (Å²) in [6, 6.07) is 6.81. The molecule has 0 spiro atoms. The van der Waals surface area contributed by atoms with E-state index < -0.39 is 12.0 Å². The summed E-state index contributed by atoms with van der Waals surface area (Å²) in [6.45, 7) is 1.59. The maximum absolute atomic E-state index is 10.7. The summed E-state index contributed by atoms with van der Waals surface area (Å²) >= 11 is 0. The summed E-state index contributed by atoms with van der Waals surface area (Å²) in [7, 11) is 0. The van der Waals surface area contributed by atoms with Gasteiger partial charge in [0.15, 0.2) is 0 Å². The minimum atomic E-state index is -0.884. The average Bonchev–Trinajstić information content (AvgIpc) is 2.21. The zero-order valence-corrected chi connectivity index (χ0v) is 8.53. The molecule has 0 bridgehead atoms. The van der Waals surface area contributed by atoms with Crippen molar-refractivity contribution in [1.82, 2.24) is 0 Å². The monoisotopic (exact) mass is 203 g/mol. The van der Waals surface area contributed by atoms with Gasteiger partial charge in [0, 0.05) is 12.1 Å². The first-order valence-electron chi connectivity index (χ1n) is 4.66. The van der Waals surface area contributed by atoms with Crippen LogP contribution in [0.3, 0.4) is 0 Å². The van der Waals surface area contributed by atoms with Gasteiger partial charge in [-0.3, -0.25) is 4.79 Å². The lowest BCUT2D eigenvalue weighted by molar-refractivity contribution is -0.137. The van der Waals surface area contributed by atoms with E-state index in [4.69, 9.17) is 11.5 Å². The van der Waals surface area contributed by atoms with Gasteiger partial charge in [0.1, 0.15) is 6.04 Å². The van der Waals surface area contributed by atoms with Crippen molar-refractivity contribution < 1.29 is 9.90 Å². The van der Waals surface area contributed by atoms with Crippen LogP contribution in [0.2, 0.25) is 0 Å². The number of para-hydroxylation sites is 1. The number of carboxylic acids is 1. The van der Waals surface area contributed by atoms with E-state index in [9.17, 15) is 4.79 Å². The number of carboxylic acid groups (broad SMARTS) is 1. The van der Waals surface area contributed by atoms with Gasteiger partial charge in [0.25, 0.3) is 0 Å². The minimum Gasteiger partial charge on any atom is -0.480 e. The van der Waals surface area contributed by atoms with Crippen molar-refractivity contribution in [2.45, 2.75) is 19.4 Å². The van der Waals surface area contributed by atoms with E-state index in [1.54, 1.807) is 6.92 Å². The second-order valence-electron chi connectivity index (χ2n) is 3.24. The summed E-state index contributed by atoms with van der Waals surface area (Å²) in [6.07, 6.45) is 5.72. The number of rotatable bonds is 4. The second-order valence-corrected chi connectivity index (χ2v) is 3.24. The number of anilines is 1. The van der Waals surface area contributed by atoms with Crippen LogP contribution in [0.25, 0.3) is 0 Å². The predicted octanol–water partition coefficient (Wildman–Crippen LogP) is 1.75. The van der Waals surface area contributed by atoms with Crippen LogP contribution in [0.1, 0.15) is 12.5 Å². The first-order chi connectivity index (χ1) is 7.15. The lowest BCUT2D eigenvalue weighted by atomic mass is 10.1. The molecule has 0 amide bonds. The summed E-state index contributed by atoms with van der Waals surface area (Å²) < 4.78 is 0. The van der Waals surface area contributed by atoms with Gasteiger partial charge in [-0.1, -0.05) is 18.2 Å². The molecule has 1 rings (SSSR count). The molecule has 0 heterocycles. The van der Waals surface area contributed by atoms with Crippen LogP contribution >= 0.6 is 0 Å². The molecule has 1 aromatic rings. The van der Waals surface area contributed by atoms with Crippen molar-refractivity contribution >= 4 is 11.7 Å². The van der Waals surface area contributed by atoms with Crippen molar-refractivity contribution in [1.29, 1.82) is 0 Å². The fourth-order valence-corrected chi connectivity index (χ4v) is 1.22. The number of terminal acetylenes is 1. The third kappa shape index (κ3) is 3.03. The highest BCUT2D eigenvalue weighted by molar-refractivity contribution is 5.77. The average molecular weight is 203 g/mol. The Labute approximate surface area is 89.1 Å². The first-order valence-corrected chi connectivity index (χ1v) is 4.66. The zero-order chi connectivity index (χ0) is 11.3. The Bertz CT molecular complexity index is 393. The molecule has 3 heteroatoms. The predicted molar refractivity (Wildman–Crippen MR) is 59.7 cm³/mol. The van der Waals surface area contributed by atoms with Gasteiger partial charge >= 0.3 is 5.97 Å². The Balaban J connectivity index is 2.85. The maximum atomic E-state index is 10.7. The molecule has 78 valence electrons. The summed E-state index contributed by atoms with van der Waals surface area (Å²) in [5, 5.41) is 11.7. The topological polar surface area (TPSA) is 49.3 Å². The van der Waals surface area contributed by atoms with E-state index in [0.717, 1.165) is 11.3 Å².